The molecule has 1 N–H and O–H groups in total. The highest BCUT2D eigenvalue weighted by Gasteiger charge is 2.59. The first-order chi connectivity index (χ1) is 14.5. The highest BCUT2D eigenvalue weighted by atomic mass is 35.5. The molecule has 3 amide bonds. The summed E-state index contributed by atoms with van der Waals surface area (Å²) in [5.41, 5.74) is 1.18. The molecule has 3 aliphatic rings. The average Bonchev–Trinajstić information content (AvgIpc) is 3.42. The van der Waals surface area contributed by atoms with E-state index < -0.39 is 5.91 Å². The number of rotatable bonds is 4. The number of fused-ring (bicyclic) bond motifs is 5. The molecule has 1 saturated heterocycles. The van der Waals surface area contributed by atoms with Crippen LogP contribution in [0.3, 0.4) is 0 Å². The van der Waals surface area contributed by atoms with Crippen molar-refractivity contribution in [3.05, 3.63) is 65.2 Å². The van der Waals surface area contributed by atoms with E-state index in [1.54, 1.807) is 42.5 Å². The number of nitrogens with zero attached hydrogens (tertiary/aromatic N) is 1. The Hall–Kier alpha value is -3.12. The van der Waals surface area contributed by atoms with Crippen molar-refractivity contribution in [1.29, 1.82) is 0 Å². The molecule has 1 saturated carbocycles. The van der Waals surface area contributed by atoms with E-state index in [-0.39, 0.29) is 35.5 Å². The molecule has 0 radical (unpaired) electrons. The lowest BCUT2D eigenvalue weighted by Gasteiger charge is -2.18. The molecular weight excluding hydrogens is 404 g/mol. The number of hydrogen-bond donors (Lipinski definition) is 1. The lowest BCUT2D eigenvalue weighted by molar-refractivity contribution is -0.123. The second kappa shape index (κ2) is 6.99. The molecule has 2 aliphatic carbocycles. The monoisotopic (exact) mass is 422 g/mol. The van der Waals surface area contributed by atoms with Crippen LogP contribution in [0.5, 0.6) is 5.75 Å². The third-order valence-electron chi connectivity index (χ3n) is 6.25. The predicted molar refractivity (Wildman–Crippen MR) is 113 cm³/mol. The maximum Gasteiger partial charge on any atom is 0.255 e. The van der Waals surface area contributed by atoms with Gasteiger partial charge in [-0.05, 0) is 54.7 Å². The number of benzene rings is 2. The number of amides is 3. The van der Waals surface area contributed by atoms with Crippen LogP contribution in [0.15, 0.2) is 54.6 Å². The van der Waals surface area contributed by atoms with Crippen molar-refractivity contribution in [3.63, 3.8) is 0 Å². The number of nitrogens with one attached hydrogen (secondary N) is 1. The zero-order valence-corrected chi connectivity index (χ0v) is 16.9. The SMILES string of the molecule is COc1ccc(Cl)cc1NC(=O)c1cccc(N2C(=O)[C@@H]3[C@H](C2=O)[C@@H]2C=C[C@H]3C2)c1. The van der Waals surface area contributed by atoms with E-state index in [2.05, 4.69) is 17.5 Å². The number of imide groups is 1. The third-order valence-corrected chi connectivity index (χ3v) is 6.48. The van der Waals surface area contributed by atoms with Crippen molar-refractivity contribution in [1.82, 2.24) is 0 Å². The molecule has 2 aromatic carbocycles. The maximum absolute atomic E-state index is 13.0. The fourth-order valence-electron chi connectivity index (χ4n) is 4.92. The van der Waals surface area contributed by atoms with Gasteiger partial charge in [-0.3, -0.25) is 14.4 Å². The van der Waals surface area contributed by atoms with Gasteiger partial charge in [-0.15, -0.1) is 0 Å². The Balaban J connectivity index is 1.41. The Morgan fingerprint density at radius 1 is 1.07 bits per heavy atom. The van der Waals surface area contributed by atoms with E-state index in [9.17, 15) is 14.4 Å². The van der Waals surface area contributed by atoms with Gasteiger partial charge in [0.25, 0.3) is 5.91 Å². The molecule has 1 heterocycles. The molecule has 7 heteroatoms. The van der Waals surface area contributed by atoms with Gasteiger partial charge in [0.05, 0.1) is 30.3 Å². The van der Waals surface area contributed by atoms with Gasteiger partial charge in [0.15, 0.2) is 0 Å². The summed E-state index contributed by atoms with van der Waals surface area (Å²) >= 11 is 6.03. The second-order valence-corrected chi connectivity index (χ2v) is 8.30. The quantitative estimate of drug-likeness (QED) is 0.598. The first-order valence-corrected chi connectivity index (χ1v) is 10.2. The van der Waals surface area contributed by atoms with Crippen LogP contribution in [0.2, 0.25) is 5.02 Å². The van der Waals surface area contributed by atoms with Crippen LogP contribution in [-0.4, -0.2) is 24.8 Å². The number of carbonyl (C=O) groups excluding carboxylic acids is 3. The van der Waals surface area contributed by atoms with E-state index in [0.29, 0.717) is 27.7 Å². The Kier molecular flexibility index (Phi) is 4.40. The van der Waals surface area contributed by atoms with Crippen LogP contribution in [0.25, 0.3) is 0 Å². The fraction of sp³-hybridized carbons (Fsp3) is 0.261. The molecule has 5 rings (SSSR count). The average molecular weight is 423 g/mol. The first kappa shape index (κ1) is 18.9. The number of anilines is 2. The minimum absolute atomic E-state index is 0.142. The molecule has 2 bridgehead atoms. The number of hydrogen-bond acceptors (Lipinski definition) is 4. The first-order valence-electron chi connectivity index (χ1n) is 9.79. The maximum atomic E-state index is 13.0. The molecule has 2 aromatic rings. The van der Waals surface area contributed by atoms with Crippen molar-refractivity contribution in [3.8, 4) is 5.75 Å². The van der Waals surface area contributed by atoms with Crippen molar-refractivity contribution in [2.45, 2.75) is 6.42 Å². The van der Waals surface area contributed by atoms with Gasteiger partial charge in [0, 0.05) is 10.6 Å². The van der Waals surface area contributed by atoms with Crippen LogP contribution < -0.4 is 15.0 Å². The molecule has 0 aromatic heterocycles. The minimum atomic E-state index is -0.390. The highest BCUT2D eigenvalue weighted by Crippen LogP contribution is 2.53. The number of ether oxygens (including phenoxy) is 1. The van der Waals surface area contributed by atoms with E-state index in [4.69, 9.17) is 16.3 Å². The van der Waals surface area contributed by atoms with Crippen LogP contribution in [0.4, 0.5) is 11.4 Å². The van der Waals surface area contributed by atoms with Crippen molar-refractivity contribution >= 4 is 40.7 Å². The largest absolute Gasteiger partial charge is 0.495 e. The zero-order chi connectivity index (χ0) is 21.0. The highest BCUT2D eigenvalue weighted by molar-refractivity contribution is 6.31. The summed E-state index contributed by atoms with van der Waals surface area (Å²) in [7, 11) is 1.50. The topological polar surface area (TPSA) is 75.7 Å². The summed E-state index contributed by atoms with van der Waals surface area (Å²) < 4.78 is 5.26. The van der Waals surface area contributed by atoms with E-state index in [1.807, 2.05) is 0 Å². The van der Waals surface area contributed by atoms with Gasteiger partial charge in [-0.1, -0.05) is 29.8 Å². The summed E-state index contributed by atoms with van der Waals surface area (Å²) in [6, 6.07) is 11.5. The second-order valence-electron chi connectivity index (χ2n) is 7.86. The minimum Gasteiger partial charge on any atom is -0.495 e. The summed E-state index contributed by atoms with van der Waals surface area (Å²) in [5, 5.41) is 3.24. The van der Waals surface area contributed by atoms with Gasteiger partial charge in [0.2, 0.25) is 11.8 Å². The molecule has 6 nitrogen and oxygen atoms in total. The fourth-order valence-corrected chi connectivity index (χ4v) is 5.09. The number of carbonyl (C=O) groups is 3. The van der Waals surface area contributed by atoms with E-state index in [0.717, 1.165) is 6.42 Å². The molecule has 152 valence electrons. The van der Waals surface area contributed by atoms with Crippen LogP contribution in [0.1, 0.15) is 16.8 Å². The lowest BCUT2D eigenvalue weighted by atomic mass is 9.85. The molecular formula is C23H19ClN2O4. The standard InChI is InChI=1S/C23H19ClN2O4/c1-30-18-8-7-15(24)11-17(18)25-21(27)14-3-2-4-16(10-14)26-22(28)19-12-5-6-13(9-12)20(19)23(26)29/h2-8,10-13,19-20H,9H2,1H3,(H,25,27)/t12-,13+,19-,20+. The molecule has 1 aliphatic heterocycles. The molecule has 0 spiro atoms. The van der Waals surface area contributed by atoms with Crippen LogP contribution in [-0.2, 0) is 9.59 Å². The van der Waals surface area contributed by atoms with Crippen LogP contribution in [0, 0.1) is 23.7 Å². The summed E-state index contributed by atoms with van der Waals surface area (Å²) in [5.74, 6) is -0.525. The number of halogens is 1. The lowest BCUT2D eigenvalue weighted by Crippen LogP contribution is -2.33. The zero-order valence-electron chi connectivity index (χ0n) is 16.2. The Labute approximate surface area is 178 Å². The van der Waals surface area contributed by atoms with E-state index in [1.165, 1.54) is 12.0 Å². The van der Waals surface area contributed by atoms with Crippen molar-refractivity contribution in [2.75, 3.05) is 17.3 Å². The van der Waals surface area contributed by atoms with Gasteiger partial charge < -0.3 is 10.1 Å². The third kappa shape index (κ3) is 2.82. The molecule has 0 unspecified atom stereocenters. The van der Waals surface area contributed by atoms with Gasteiger partial charge in [0.1, 0.15) is 5.75 Å². The van der Waals surface area contributed by atoms with Crippen LogP contribution >= 0.6 is 11.6 Å². The van der Waals surface area contributed by atoms with Gasteiger partial charge in [-0.25, -0.2) is 4.90 Å². The molecule has 2 fully saturated rings. The Bertz CT molecular complexity index is 1080. The normalized spacial score (nSPS) is 26.3. The Morgan fingerprint density at radius 2 is 1.77 bits per heavy atom. The van der Waals surface area contributed by atoms with E-state index >= 15 is 0 Å². The number of allylic oxidation sites excluding steroid dienone is 2. The number of methoxy groups -OCH3 is 1. The van der Waals surface area contributed by atoms with Crippen molar-refractivity contribution in [2.24, 2.45) is 23.7 Å². The molecule has 4 atom stereocenters. The van der Waals surface area contributed by atoms with Gasteiger partial charge >= 0.3 is 0 Å². The predicted octanol–water partition coefficient (Wildman–Crippen LogP) is 3.91. The molecule has 30 heavy (non-hydrogen) atoms. The summed E-state index contributed by atoms with van der Waals surface area (Å²) in [6.07, 6.45) is 5.00. The van der Waals surface area contributed by atoms with Crippen molar-refractivity contribution < 1.29 is 19.1 Å². The summed E-state index contributed by atoms with van der Waals surface area (Å²) in [4.78, 5) is 40.1. The van der Waals surface area contributed by atoms with Gasteiger partial charge in [-0.2, -0.15) is 0 Å². The smallest absolute Gasteiger partial charge is 0.255 e. The summed E-state index contributed by atoms with van der Waals surface area (Å²) in [6.45, 7) is 0. The Morgan fingerprint density at radius 3 is 2.43 bits per heavy atom.